The normalized spacial score (nSPS) is 10.1. The first kappa shape index (κ1) is 13.5. The van der Waals surface area contributed by atoms with Crippen LogP contribution in [-0.2, 0) is 0 Å². The van der Waals surface area contributed by atoms with Crippen LogP contribution in [0.4, 0.5) is 15.8 Å². The van der Waals surface area contributed by atoms with Crippen molar-refractivity contribution in [2.24, 2.45) is 5.73 Å². The number of amides is 2. The van der Waals surface area contributed by atoms with Crippen LogP contribution >= 0.6 is 0 Å². The Balaban J connectivity index is 2.26. The van der Waals surface area contributed by atoms with Gasteiger partial charge >= 0.3 is 0 Å². The lowest BCUT2D eigenvalue weighted by Gasteiger charge is -2.08. The summed E-state index contributed by atoms with van der Waals surface area (Å²) in [6, 6.07) is 9.69. The Bertz CT molecular complexity index is 686. The summed E-state index contributed by atoms with van der Waals surface area (Å²) in [5.74, 6) is -1.80. The number of benzene rings is 2. The van der Waals surface area contributed by atoms with E-state index in [2.05, 4.69) is 5.32 Å². The van der Waals surface area contributed by atoms with E-state index in [-0.39, 0.29) is 16.8 Å². The molecule has 2 aromatic carbocycles. The Hall–Kier alpha value is -2.89. The van der Waals surface area contributed by atoms with Crippen molar-refractivity contribution in [1.82, 2.24) is 0 Å². The highest BCUT2D eigenvalue weighted by Crippen LogP contribution is 2.18. The molecule has 5 nitrogen and oxygen atoms in total. The van der Waals surface area contributed by atoms with E-state index < -0.39 is 17.6 Å². The van der Waals surface area contributed by atoms with Crippen LogP contribution in [0.5, 0.6) is 0 Å². The lowest BCUT2D eigenvalue weighted by molar-refractivity contribution is 0.1000. The lowest BCUT2D eigenvalue weighted by Crippen LogP contribution is -2.16. The van der Waals surface area contributed by atoms with Crippen LogP contribution in [0.2, 0.25) is 0 Å². The number of nitrogen functional groups attached to an aromatic ring is 1. The van der Waals surface area contributed by atoms with Crippen molar-refractivity contribution < 1.29 is 14.0 Å². The molecule has 0 fully saturated rings. The van der Waals surface area contributed by atoms with Gasteiger partial charge < -0.3 is 16.8 Å². The van der Waals surface area contributed by atoms with E-state index in [9.17, 15) is 14.0 Å². The van der Waals surface area contributed by atoms with Gasteiger partial charge in [0.15, 0.2) is 0 Å². The molecule has 0 aromatic heterocycles. The summed E-state index contributed by atoms with van der Waals surface area (Å²) in [5.41, 5.74) is 11.4. The second-order valence-corrected chi connectivity index (χ2v) is 4.14. The predicted molar refractivity (Wildman–Crippen MR) is 73.7 cm³/mol. The highest BCUT2D eigenvalue weighted by molar-refractivity contribution is 6.06. The first-order valence-electron chi connectivity index (χ1n) is 5.73. The fourth-order valence-corrected chi connectivity index (χ4v) is 1.65. The molecule has 0 unspecified atom stereocenters. The Labute approximate surface area is 114 Å². The topological polar surface area (TPSA) is 98.2 Å². The van der Waals surface area contributed by atoms with Gasteiger partial charge in [0.05, 0.1) is 5.69 Å². The molecule has 2 amide bonds. The van der Waals surface area contributed by atoms with Crippen molar-refractivity contribution in [3.05, 3.63) is 59.4 Å². The molecule has 20 heavy (non-hydrogen) atoms. The average Bonchev–Trinajstić information content (AvgIpc) is 2.43. The summed E-state index contributed by atoms with van der Waals surface area (Å²) in [6.07, 6.45) is 0. The number of halogens is 1. The zero-order valence-corrected chi connectivity index (χ0v) is 10.4. The molecule has 0 aliphatic carbocycles. The van der Waals surface area contributed by atoms with Gasteiger partial charge in [0, 0.05) is 16.8 Å². The number of primary amides is 1. The van der Waals surface area contributed by atoms with Crippen LogP contribution in [0.1, 0.15) is 20.7 Å². The van der Waals surface area contributed by atoms with Crippen LogP contribution in [0, 0.1) is 5.82 Å². The van der Waals surface area contributed by atoms with Crippen molar-refractivity contribution >= 4 is 23.2 Å². The fourth-order valence-electron chi connectivity index (χ4n) is 1.65. The Morgan fingerprint density at radius 3 is 2.45 bits per heavy atom. The molecule has 2 aromatic rings. The summed E-state index contributed by atoms with van der Waals surface area (Å²) in [6.45, 7) is 0. The van der Waals surface area contributed by atoms with Crippen molar-refractivity contribution in [3.8, 4) is 0 Å². The fraction of sp³-hybridized carbons (Fsp3) is 0. The molecule has 0 saturated heterocycles. The number of rotatable bonds is 3. The Kier molecular flexibility index (Phi) is 3.65. The van der Waals surface area contributed by atoms with Crippen LogP contribution in [-0.4, -0.2) is 11.8 Å². The van der Waals surface area contributed by atoms with Gasteiger partial charge in [-0.2, -0.15) is 0 Å². The first-order valence-corrected chi connectivity index (χ1v) is 5.73. The molecule has 0 spiro atoms. The minimum Gasteiger partial charge on any atom is -0.399 e. The highest BCUT2D eigenvalue weighted by atomic mass is 19.1. The Morgan fingerprint density at radius 1 is 1.05 bits per heavy atom. The third-order valence-corrected chi connectivity index (χ3v) is 2.65. The number of hydrogen-bond donors (Lipinski definition) is 3. The van der Waals surface area contributed by atoms with Crippen LogP contribution in [0.3, 0.4) is 0 Å². The maximum atomic E-state index is 13.5. The molecule has 0 saturated carbocycles. The summed E-state index contributed by atoms with van der Waals surface area (Å²) < 4.78 is 13.5. The van der Waals surface area contributed by atoms with Crippen molar-refractivity contribution in [2.75, 3.05) is 11.1 Å². The number of hydrogen-bond acceptors (Lipinski definition) is 3. The van der Waals surface area contributed by atoms with Gasteiger partial charge in [0.25, 0.3) is 5.91 Å². The molecule has 0 bridgehead atoms. The van der Waals surface area contributed by atoms with Crippen molar-refractivity contribution in [2.45, 2.75) is 0 Å². The van der Waals surface area contributed by atoms with Crippen molar-refractivity contribution in [3.63, 3.8) is 0 Å². The molecule has 0 heterocycles. The van der Waals surface area contributed by atoms with E-state index in [0.717, 1.165) is 6.07 Å². The van der Waals surface area contributed by atoms with Crippen molar-refractivity contribution in [1.29, 1.82) is 0 Å². The molecule has 0 aliphatic heterocycles. The van der Waals surface area contributed by atoms with Gasteiger partial charge in [-0.25, -0.2) is 4.39 Å². The van der Waals surface area contributed by atoms with E-state index in [1.165, 1.54) is 36.4 Å². The summed E-state index contributed by atoms with van der Waals surface area (Å²) >= 11 is 0. The third kappa shape index (κ3) is 2.92. The molecule has 2 rings (SSSR count). The molecule has 102 valence electrons. The second-order valence-electron chi connectivity index (χ2n) is 4.14. The minimum atomic E-state index is -0.644. The maximum Gasteiger partial charge on any atom is 0.255 e. The second kappa shape index (κ2) is 5.40. The largest absolute Gasteiger partial charge is 0.399 e. The summed E-state index contributed by atoms with van der Waals surface area (Å²) in [4.78, 5) is 23.0. The first-order chi connectivity index (χ1) is 9.47. The molecule has 0 aliphatic rings. The number of anilines is 2. The zero-order valence-electron chi connectivity index (χ0n) is 10.4. The Morgan fingerprint density at radius 2 is 1.75 bits per heavy atom. The predicted octanol–water partition coefficient (Wildman–Crippen LogP) is 1.76. The average molecular weight is 273 g/mol. The van der Waals surface area contributed by atoms with Gasteiger partial charge in [-0.3, -0.25) is 9.59 Å². The highest BCUT2D eigenvalue weighted by Gasteiger charge is 2.11. The molecular weight excluding hydrogens is 261 g/mol. The van der Waals surface area contributed by atoms with E-state index in [1.54, 1.807) is 0 Å². The number of nitrogens with two attached hydrogens (primary N) is 2. The van der Waals surface area contributed by atoms with Crippen LogP contribution in [0.15, 0.2) is 42.5 Å². The van der Waals surface area contributed by atoms with Crippen LogP contribution < -0.4 is 16.8 Å². The number of carbonyl (C=O) groups excluding carboxylic acids is 2. The number of carbonyl (C=O) groups is 2. The molecular formula is C14H12FN3O2. The number of nitrogens with one attached hydrogen (secondary N) is 1. The zero-order chi connectivity index (χ0) is 14.7. The maximum absolute atomic E-state index is 13.5. The summed E-state index contributed by atoms with van der Waals surface area (Å²) in [7, 11) is 0. The SMILES string of the molecule is NC(=O)c1cccc(C(=O)Nc2cc(N)ccc2F)c1. The minimum absolute atomic E-state index is 0.0283. The van der Waals surface area contributed by atoms with Gasteiger partial charge in [-0.05, 0) is 36.4 Å². The van der Waals surface area contributed by atoms with E-state index in [4.69, 9.17) is 11.5 Å². The summed E-state index contributed by atoms with van der Waals surface area (Å²) in [5, 5.41) is 2.39. The van der Waals surface area contributed by atoms with E-state index in [0.29, 0.717) is 5.69 Å². The lowest BCUT2D eigenvalue weighted by atomic mass is 10.1. The molecule has 0 radical (unpaired) electrons. The molecule has 6 heteroatoms. The van der Waals surface area contributed by atoms with Gasteiger partial charge in [0.1, 0.15) is 5.82 Å². The standard InChI is InChI=1S/C14H12FN3O2/c15-11-5-4-10(16)7-12(11)18-14(20)9-3-1-2-8(6-9)13(17)19/h1-7H,16H2,(H2,17,19)(H,18,20). The molecule has 0 atom stereocenters. The van der Waals surface area contributed by atoms with Gasteiger partial charge in [-0.15, -0.1) is 0 Å². The monoisotopic (exact) mass is 273 g/mol. The van der Waals surface area contributed by atoms with Gasteiger partial charge in [0.2, 0.25) is 5.91 Å². The third-order valence-electron chi connectivity index (χ3n) is 2.65. The smallest absolute Gasteiger partial charge is 0.255 e. The van der Waals surface area contributed by atoms with Gasteiger partial charge in [-0.1, -0.05) is 6.07 Å². The molecule has 5 N–H and O–H groups in total. The quantitative estimate of drug-likeness (QED) is 0.743. The van der Waals surface area contributed by atoms with E-state index in [1.807, 2.05) is 0 Å². The van der Waals surface area contributed by atoms with Crippen LogP contribution in [0.25, 0.3) is 0 Å². The van der Waals surface area contributed by atoms with E-state index >= 15 is 0 Å².